The van der Waals surface area contributed by atoms with Crippen molar-refractivity contribution in [1.29, 1.82) is 0 Å². The molecule has 1 aliphatic heterocycles. The number of amides is 1. The van der Waals surface area contributed by atoms with Gasteiger partial charge in [0.15, 0.2) is 11.5 Å². The van der Waals surface area contributed by atoms with Crippen LogP contribution in [0.2, 0.25) is 0 Å². The molecule has 2 heterocycles. The number of hydrogen-bond donors (Lipinski definition) is 1. The molecule has 0 aliphatic carbocycles. The average molecular weight is 426 g/mol. The molecule has 4 rings (SSSR count). The normalized spacial score (nSPS) is 13.3. The lowest BCUT2D eigenvalue weighted by atomic mass is 10.1. The van der Waals surface area contributed by atoms with E-state index in [1.807, 2.05) is 43.3 Å². The van der Waals surface area contributed by atoms with Crippen LogP contribution in [0.15, 0.2) is 46.9 Å². The molecule has 0 radical (unpaired) electrons. The first kappa shape index (κ1) is 20.2. The number of aryl methyl sites for hydroxylation is 2. The maximum atomic E-state index is 12.5. The smallest absolute Gasteiger partial charge is 0.232 e. The van der Waals surface area contributed by atoms with Crippen molar-refractivity contribution in [2.75, 3.05) is 12.5 Å². The second kappa shape index (κ2) is 8.71. The molecular formula is C22H22N2O5S. The fourth-order valence-electron chi connectivity index (χ4n) is 3.12. The number of hydrogen-bond acceptors (Lipinski definition) is 6. The van der Waals surface area contributed by atoms with Gasteiger partial charge in [0.2, 0.25) is 18.6 Å². The highest BCUT2D eigenvalue weighted by molar-refractivity contribution is 7.84. The van der Waals surface area contributed by atoms with Crippen LogP contribution in [-0.4, -0.2) is 27.6 Å². The van der Waals surface area contributed by atoms with E-state index in [0.29, 0.717) is 35.4 Å². The number of nitrogens with one attached hydrogen (secondary N) is 1. The number of rotatable bonds is 7. The molecule has 0 spiro atoms. The highest BCUT2D eigenvalue weighted by Gasteiger charge is 2.17. The Bertz CT molecular complexity index is 1110. The van der Waals surface area contributed by atoms with Crippen LogP contribution in [0.5, 0.6) is 11.5 Å². The van der Waals surface area contributed by atoms with Gasteiger partial charge >= 0.3 is 0 Å². The highest BCUT2D eigenvalue weighted by Crippen LogP contribution is 2.32. The molecule has 0 unspecified atom stereocenters. The van der Waals surface area contributed by atoms with E-state index in [-0.39, 0.29) is 24.2 Å². The van der Waals surface area contributed by atoms with Gasteiger partial charge in [0.05, 0.1) is 11.4 Å². The van der Waals surface area contributed by atoms with E-state index in [1.54, 1.807) is 13.0 Å². The summed E-state index contributed by atoms with van der Waals surface area (Å²) in [5.41, 5.74) is 3.46. The zero-order valence-electron chi connectivity index (χ0n) is 16.8. The number of carbonyl (C=O) groups excluding carboxylic acids is 1. The number of aromatic nitrogens is 1. The van der Waals surface area contributed by atoms with E-state index in [4.69, 9.17) is 13.9 Å². The molecule has 0 saturated heterocycles. The second-order valence-electron chi connectivity index (χ2n) is 7.08. The van der Waals surface area contributed by atoms with Gasteiger partial charge < -0.3 is 19.2 Å². The van der Waals surface area contributed by atoms with Gasteiger partial charge in [-0.3, -0.25) is 9.00 Å². The van der Waals surface area contributed by atoms with Crippen LogP contribution in [0.3, 0.4) is 0 Å². The summed E-state index contributed by atoms with van der Waals surface area (Å²) in [7, 11) is -1.40. The third-order valence-corrected chi connectivity index (χ3v) is 5.85. The zero-order chi connectivity index (χ0) is 21.1. The zero-order valence-corrected chi connectivity index (χ0v) is 17.6. The average Bonchev–Trinajstić information content (AvgIpc) is 3.32. The predicted molar refractivity (Wildman–Crippen MR) is 113 cm³/mol. The largest absolute Gasteiger partial charge is 0.454 e. The molecule has 30 heavy (non-hydrogen) atoms. The fourth-order valence-corrected chi connectivity index (χ4v) is 4.19. The lowest BCUT2D eigenvalue weighted by molar-refractivity contribution is -0.118. The van der Waals surface area contributed by atoms with Gasteiger partial charge in [0.25, 0.3) is 0 Å². The van der Waals surface area contributed by atoms with Gasteiger partial charge in [-0.05, 0) is 43.7 Å². The molecule has 8 heteroatoms. The molecule has 0 bridgehead atoms. The van der Waals surface area contributed by atoms with E-state index >= 15 is 0 Å². The summed E-state index contributed by atoms with van der Waals surface area (Å²) in [5, 5.41) is 2.79. The maximum Gasteiger partial charge on any atom is 0.232 e. The summed E-state index contributed by atoms with van der Waals surface area (Å²) in [6, 6.07) is 13.3. The number of carbonyl (C=O) groups is 1. The molecule has 0 saturated carbocycles. The Morgan fingerprint density at radius 2 is 1.97 bits per heavy atom. The third-order valence-electron chi connectivity index (χ3n) is 4.67. The van der Waals surface area contributed by atoms with Crippen molar-refractivity contribution in [1.82, 2.24) is 10.3 Å². The molecule has 1 aliphatic rings. The van der Waals surface area contributed by atoms with E-state index in [0.717, 1.165) is 16.7 Å². The van der Waals surface area contributed by atoms with Crippen LogP contribution in [-0.2, 0) is 27.9 Å². The lowest BCUT2D eigenvalue weighted by Gasteiger charge is -2.06. The molecule has 1 amide bonds. The fraction of sp³-hybridized carbons (Fsp3) is 0.273. The van der Waals surface area contributed by atoms with Crippen LogP contribution in [0.25, 0.3) is 11.5 Å². The van der Waals surface area contributed by atoms with Crippen molar-refractivity contribution < 1.29 is 22.9 Å². The molecule has 2 aromatic carbocycles. The van der Waals surface area contributed by atoms with E-state index in [9.17, 15) is 9.00 Å². The Morgan fingerprint density at radius 3 is 2.80 bits per heavy atom. The second-order valence-corrected chi connectivity index (χ2v) is 8.54. The Kier molecular flexibility index (Phi) is 5.85. The van der Waals surface area contributed by atoms with Crippen molar-refractivity contribution >= 4 is 16.7 Å². The number of benzene rings is 2. The standard InChI is InChI=1S/C22H22N2O5S/c1-14-4-3-5-17(8-14)22-24-18(15(2)29-22)11-30(26)12-21(25)23-10-16-6-7-19-20(9-16)28-13-27-19/h3-9H,10-13H2,1-2H3,(H,23,25)/t30-/m0/s1. The van der Waals surface area contributed by atoms with Gasteiger partial charge in [0.1, 0.15) is 11.5 Å². The van der Waals surface area contributed by atoms with Crippen LogP contribution >= 0.6 is 0 Å². The van der Waals surface area contributed by atoms with Crippen LogP contribution < -0.4 is 14.8 Å². The number of fused-ring (bicyclic) bond motifs is 1. The van der Waals surface area contributed by atoms with Crippen molar-refractivity contribution in [3.8, 4) is 23.0 Å². The summed E-state index contributed by atoms with van der Waals surface area (Å²) >= 11 is 0. The van der Waals surface area contributed by atoms with Crippen LogP contribution in [0, 0.1) is 13.8 Å². The highest BCUT2D eigenvalue weighted by atomic mass is 32.2. The lowest BCUT2D eigenvalue weighted by Crippen LogP contribution is -2.28. The molecule has 1 atom stereocenters. The van der Waals surface area contributed by atoms with Gasteiger partial charge in [-0.15, -0.1) is 0 Å². The molecule has 1 aromatic heterocycles. The Morgan fingerprint density at radius 1 is 1.13 bits per heavy atom. The number of oxazole rings is 1. The topological polar surface area (TPSA) is 90.7 Å². The summed E-state index contributed by atoms with van der Waals surface area (Å²) in [6.45, 7) is 4.32. The molecule has 156 valence electrons. The van der Waals surface area contributed by atoms with Crippen LogP contribution in [0.1, 0.15) is 22.6 Å². The SMILES string of the molecule is Cc1cccc(-c2nc(C[S@](=O)CC(=O)NCc3ccc4c(c3)OCO4)c(C)o2)c1. The summed E-state index contributed by atoms with van der Waals surface area (Å²) < 4.78 is 28.8. The van der Waals surface area contributed by atoms with Crippen molar-refractivity contribution in [3.63, 3.8) is 0 Å². The summed E-state index contributed by atoms with van der Waals surface area (Å²) in [4.78, 5) is 16.7. The molecule has 3 aromatic rings. The molecule has 1 N–H and O–H groups in total. The predicted octanol–water partition coefficient (Wildman–Crippen LogP) is 3.25. The van der Waals surface area contributed by atoms with Crippen molar-refractivity contribution in [2.24, 2.45) is 0 Å². The van der Waals surface area contributed by atoms with Crippen LogP contribution in [0.4, 0.5) is 0 Å². The first-order valence-electron chi connectivity index (χ1n) is 9.51. The number of nitrogens with zero attached hydrogens (tertiary/aromatic N) is 1. The van der Waals surface area contributed by atoms with E-state index in [1.165, 1.54) is 0 Å². The third kappa shape index (κ3) is 4.71. The minimum Gasteiger partial charge on any atom is -0.454 e. The minimum absolute atomic E-state index is 0.101. The molecular weight excluding hydrogens is 404 g/mol. The van der Waals surface area contributed by atoms with Gasteiger partial charge in [-0.25, -0.2) is 4.98 Å². The van der Waals surface area contributed by atoms with Gasteiger partial charge in [-0.1, -0.05) is 23.8 Å². The van der Waals surface area contributed by atoms with Crippen molar-refractivity contribution in [3.05, 3.63) is 65.0 Å². The van der Waals surface area contributed by atoms with Crippen molar-refractivity contribution in [2.45, 2.75) is 26.1 Å². The Labute approximate surface area is 176 Å². The quantitative estimate of drug-likeness (QED) is 0.624. The van der Waals surface area contributed by atoms with Gasteiger partial charge in [-0.2, -0.15) is 0 Å². The monoisotopic (exact) mass is 426 g/mol. The van der Waals surface area contributed by atoms with E-state index in [2.05, 4.69) is 10.3 Å². The first-order chi connectivity index (χ1) is 14.5. The molecule has 7 nitrogen and oxygen atoms in total. The molecule has 0 fully saturated rings. The Balaban J connectivity index is 1.31. The number of ether oxygens (including phenoxy) is 2. The van der Waals surface area contributed by atoms with E-state index < -0.39 is 10.8 Å². The van der Waals surface area contributed by atoms with Gasteiger partial charge in [0, 0.05) is 22.9 Å². The minimum atomic E-state index is -1.40. The summed E-state index contributed by atoms with van der Waals surface area (Å²) in [6.07, 6.45) is 0. The summed E-state index contributed by atoms with van der Waals surface area (Å²) in [5.74, 6) is 2.24. The first-order valence-corrected chi connectivity index (χ1v) is 11.0. The maximum absolute atomic E-state index is 12.5. The Hall–Kier alpha value is -3.13.